The fraction of sp³-hybridized carbons (Fsp3) is 0.647. The average molecular weight is 263 g/mol. The van der Waals surface area contributed by atoms with Crippen LogP contribution in [0.15, 0.2) is 24.3 Å². The van der Waals surface area contributed by atoms with Gasteiger partial charge in [-0.05, 0) is 37.7 Å². The lowest BCUT2D eigenvalue weighted by Crippen LogP contribution is -2.30. The fourth-order valence-corrected chi connectivity index (χ4v) is 2.23. The summed E-state index contributed by atoms with van der Waals surface area (Å²) in [5.41, 5.74) is 8.68. The van der Waals surface area contributed by atoms with Crippen molar-refractivity contribution in [1.82, 2.24) is 0 Å². The van der Waals surface area contributed by atoms with Crippen molar-refractivity contribution in [3.05, 3.63) is 35.4 Å². The number of nitrogens with two attached hydrogens (primary N) is 1. The Balaban J connectivity index is 2.62. The molecular formula is C17H29NO. The first-order valence-corrected chi connectivity index (χ1v) is 7.48. The third-order valence-corrected chi connectivity index (χ3v) is 3.45. The molecule has 2 unspecified atom stereocenters. The maximum Gasteiger partial charge on any atom is 0.0975 e. The Morgan fingerprint density at radius 1 is 1.26 bits per heavy atom. The van der Waals surface area contributed by atoms with Crippen LogP contribution in [0.1, 0.15) is 57.3 Å². The molecule has 1 aromatic rings. The van der Waals surface area contributed by atoms with Gasteiger partial charge in [0.15, 0.2) is 0 Å². The Kier molecular flexibility index (Phi) is 7.11. The van der Waals surface area contributed by atoms with Crippen LogP contribution in [-0.4, -0.2) is 12.6 Å². The second-order valence-electron chi connectivity index (χ2n) is 5.81. The molecule has 1 rings (SSSR count). The molecule has 0 bridgehead atoms. The van der Waals surface area contributed by atoms with Crippen LogP contribution in [0, 0.1) is 12.8 Å². The molecule has 2 atom stereocenters. The summed E-state index contributed by atoms with van der Waals surface area (Å²) >= 11 is 0. The Labute approximate surface area is 118 Å². The van der Waals surface area contributed by atoms with Gasteiger partial charge in [-0.3, -0.25) is 0 Å². The van der Waals surface area contributed by atoms with E-state index in [4.69, 9.17) is 10.5 Å². The van der Waals surface area contributed by atoms with E-state index in [0.29, 0.717) is 0 Å². The van der Waals surface area contributed by atoms with E-state index >= 15 is 0 Å². The van der Waals surface area contributed by atoms with Crippen LogP contribution in [0.5, 0.6) is 0 Å². The molecule has 0 amide bonds. The van der Waals surface area contributed by atoms with Crippen LogP contribution in [0.25, 0.3) is 0 Å². The van der Waals surface area contributed by atoms with Gasteiger partial charge in [0, 0.05) is 12.6 Å². The lowest BCUT2D eigenvalue weighted by Gasteiger charge is -2.24. The topological polar surface area (TPSA) is 35.2 Å². The highest BCUT2D eigenvalue weighted by atomic mass is 16.5. The number of rotatable bonds is 8. The molecule has 2 heteroatoms. The number of hydrogen-bond donors (Lipinski definition) is 1. The van der Waals surface area contributed by atoms with E-state index < -0.39 is 0 Å². The van der Waals surface area contributed by atoms with Gasteiger partial charge in [-0.2, -0.15) is 0 Å². The molecular weight excluding hydrogens is 234 g/mol. The molecule has 0 aliphatic heterocycles. The number of ether oxygens (including phenoxy) is 1. The fourth-order valence-electron chi connectivity index (χ4n) is 2.23. The molecule has 0 saturated carbocycles. The lowest BCUT2D eigenvalue weighted by molar-refractivity contribution is 0.0301. The molecule has 0 spiro atoms. The SMILES string of the molecule is CCC(N)C(OCCCC(C)C)c1cccc(C)c1. The quantitative estimate of drug-likeness (QED) is 0.712. The molecule has 0 heterocycles. The van der Waals surface area contributed by atoms with Crippen LogP contribution in [-0.2, 0) is 4.74 Å². The van der Waals surface area contributed by atoms with Crippen molar-refractivity contribution in [2.45, 2.75) is 59.1 Å². The van der Waals surface area contributed by atoms with E-state index in [1.807, 2.05) is 0 Å². The molecule has 0 aliphatic carbocycles. The second-order valence-corrected chi connectivity index (χ2v) is 5.81. The molecule has 1 aromatic carbocycles. The highest BCUT2D eigenvalue weighted by Crippen LogP contribution is 2.23. The lowest BCUT2D eigenvalue weighted by atomic mass is 9.99. The van der Waals surface area contributed by atoms with Gasteiger partial charge in [-0.25, -0.2) is 0 Å². The first kappa shape index (κ1) is 16.2. The summed E-state index contributed by atoms with van der Waals surface area (Å²) in [5, 5.41) is 0. The second kappa shape index (κ2) is 8.34. The van der Waals surface area contributed by atoms with E-state index in [2.05, 4.69) is 52.0 Å². The van der Waals surface area contributed by atoms with Gasteiger partial charge in [0.1, 0.15) is 0 Å². The van der Waals surface area contributed by atoms with E-state index in [-0.39, 0.29) is 12.1 Å². The van der Waals surface area contributed by atoms with Crippen molar-refractivity contribution < 1.29 is 4.74 Å². The summed E-state index contributed by atoms with van der Waals surface area (Å²) in [7, 11) is 0. The third-order valence-electron chi connectivity index (χ3n) is 3.45. The van der Waals surface area contributed by atoms with Gasteiger partial charge in [0.05, 0.1) is 6.10 Å². The van der Waals surface area contributed by atoms with Gasteiger partial charge in [0.25, 0.3) is 0 Å². The zero-order chi connectivity index (χ0) is 14.3. The largest absolute Gasteiger partial charge is 0.372 e. The van der Waals surface area contributed by atoms with Crippen LogP contribution in [0.2, 0.25) is 0 Å². The number of benzene rings is 1. The predicted octanol–water partition coefficient (Wildman–Crippen LogP) is 4.23. The van der Waals surface area contributed by atoms with E-state index in [0.717, 1.165) is 25.4 Å². The summed E-state index contributed by atoms with van der Waals surface area (Å²) in [4.78, 5) is 0. The standard InChI is InChI=1S/C17H29NO/c1-5-16(18)17(19-11-7-8-13(2)3)15-10-6-9-14(4)12-15/h6,9-10,12-13,16-17H,5,7-8,11,18H2,1-4H3. The third kappa shape index (κ3) is 5.75. The van der Waals surface area contributed by atoms with Crippen molar-refractivity contribution in [2.24, 2.45) is 11.7 Å². The first-order chi connectivity index (χ1) is 9.04. The maximum absolute atomic E-state index is 6.22. The van der Waals surface area contributed by atoms with E-state index in [9.17, 15) is 0 Å². The Bertz CT molecular complexity index is 362. The van der Waals surface area contributed by atoms with Crippen LogP contribution in [0.4, 0.5) is 0 Å². The molecule has 19 heavy (non-hydrogen) atoms. The summed E-state index contributed by atoms with van der Waals surface area (Å²) in [6, 6.07) is 8.56. The number of aryl methyl sites for hydroxylation is 1. The molecule has 2 nitrogen and oxygen atoms in total. The average Bonchev–Trinajstić information content (AvgIpc) is 2.37. The van der Waals surface area contributed by atoms with Crippen molar-refractivity contribution in [2.75, 3.05) is 6.61 Å². The van der Waals surface area contributed by atoms with Crippen LogP contribution >= 0.6 is 0 Å². The molecule has 0 aromatic heterocycles. The van der Waals surface area contributed by atoms with Gasteiger partial charge < -0.3 is 10.5 Å². The van der Waals surface area contributed by atoms with Gasteiger partial charge in [-0.15, -0.1) is 0 Å². The Morgan fingerprint density at radius 2 is 2.00 bits per heavy atom. The van der Waals surface area contributed by atoms with Crippen LogP contribution < -0.4 is 5.73 Å². The minimum atomic E-state index is 0.0251. The van der Waals surface area contributed by atoms with E-state index in [1.54, 1.807) is 0 Å². The van der Waals surface area contributed by atoms with Gasteiger partial charge in [0.2, 0.25) is 0 Å². The normalized spacial score (nSPS) is 14.6. The van der Waals surface area contributed by atoms with E-state index in [1.165, 1.54) is 17.5 Å². The van der Waals surface area contributed by atoms with Gasteiger partial charge in [-0.1, -0.05) is 50.6 Å². The Morgan fingerprint density at radius 3 is 2.58 bits per heavy atom. The summed E-state index contributed by atoms with van der Waals surface area (Å²) < 4.78 is 6.06. The monoisotopic (exact) mass is 263 g/mol. The zero-order valence-corrected chi connectivity index (χ0v) is 12.9. The minimum Gasteiger partial charge on any atom is -0.372 e. The summed E-state index contributed by atoms with van der Waals surface area (Å²) in [6.45, 7) is 9.51. The van der Waals surface area contributed by atoms with Crippen molar-refractivity contribution in [3.63, 3.8) is 0 Å². The predicted molar refractivity (Wildman–Crippen MR) is 82.2 cm³/mol. The summed E-state index contributed by atoms with van der Waals surface area (Å²) in [5.74, 6) is 0.737. The van der Waals surface area contributed by atoms with Crippen molar-refractivity contribution in [1.29, 1.82) is 0 Å². The molecule has 0 radical (unpaired) electrons. The molecule has 108 valence electrons. The first-order valence-electron chi connectivity index (χ1n) is 7.48. The molecule has 0 aliphatic rings. The Hall–Kier alpha value is -0.860. The van der Waals surface area contributed by atoms with Crippen molar-refractivity contribution >= 4 is 0 Å². The number of hydrogen-bond acceptors (Lipinski definition) is 2. The maximum atomic E-state index is 6.22. The highest BCUT2D eigenvalue weighted by molar-refractivity contribution is 5.25. The zero-order valence-electron chi connectivity index (χ0n) is 12.9. The molecule has 0 saturated heterocycles. The van der Waals surface area contributed by atoms with Crippen LogP contribution in [0.3, 0.4) is 0 Å². The smallest absolute Gasteiger partial charge is 0.0975 e. The summed E-state index contributed by atoms with van der Waals surface area (Å²) in [6.07, 6.45) is 3.28. The highest BCUT2D eigenvalue weighted by Gasteiger charge is 2.19. The molecule has 0 fully saturated rings. The minimum absolute atomic E-state index is 0.0251. The van der Waals surface area contributed by atoms with Crippen molar-refractivity contribution in [3.8, 4) is 0 Å². The molecule has 2 N–H and O–H groups in total. The van der Waals surface area contributed by atoms with Gasteiger partial charge >= 0.3 is 0 Å².